The van der Waals surface area contributed by atoms with E-state index >= 15 is 0 Å². The molecule has 0 atom stereocenters. The largest absolute Gasteiger partial charge is 0.469 e. The van der Waals surface area contributed by atoms with Gasteiger partial charge in [-0.3, -0.25) is 9.59 Å². The number of hydrogen-bond acceptors (Lipinski definition) is 7. The van der Waals surface area contributed by atoms with Gasteiger partial charge in [-0.05, 0) is 13.0 Å². The summed E-state index contributed by atoms with van der Waals surface area (Å²) < 4.78 is 11.5. The van der Waals surface area contributed by atoms with Crippen molar-refractivity contribution in [3.63, 3.8) is 0 Å². The van der Waals surface area contributed by atoms with Gasteiger partial charge in [0.25, 0.3) is 5.91 Å². The van der Waals surface area contributed by atoms with E-state index in [4.69, 9.17) is 4.42 Å². The lowest BCUT2D eigenvalue weighted by atomic mass is 10.1. The van der Waals surface area contributed by atoms with E-state index in [1.165, 1.54) is 12.0 Å². The molecule has 27 heavy (non-hydrogen) atoms. The number of fused-ring (bicyclic) bond motifs is 1. The lowest BCUT2D eigenvalue weighted by Crippen LogP contribution is -2.29. The van der Waals surface area contributed by atoms with Crippen molar-refractivity contribution >= 4 is 45.9 Å². The second-order valence-electron chi connectivity index (χ2n) is 6.00. The number of carbonyl (C=O) groups is 2. The van der Waals surface area contributed by atoms with Crippen molar-refractivity contribution in [3.8, 4) is 0 Å². The molecule has 6 nitrogen and oxygen atoms in total. The fourth-order valence-corrected chi connectivity index (χ4v) is 4.46. The van der Waals surface area contributed by atoms with E-state index in [9.17, 15) is 9.59 Å². The van der Waals surface area contributed by atoms with Crippen LogP contribution in [-0.4, -0.2) is 42.5 Å². The number of benzene rings is 1. The second kappa shape index (κ2) is 8.58. The molecule has 3 aromatic rings. The van der Waals surface area contributed by atoms with Gasteiger partial charge in [0.15, 0.2) is 5.76 Å². The average molecular weight is 405 g/mol. The molecule has 2 heterocycles. The lowest BCUT2D eigenvalue weighted by Gasteiger charge is -2.15. The number of furan rings is 1. The van der Waals surface area contributed by atoms with Gasteiger partial charge in [-0.2, -0.15) is 0 Å². The summed E-state index contributed by atoms with van der Waals surface area (Å²) in [7, 11) is 2.98. The number of thioether (sulfide) groups is 1. The number of amides is 1. The van der Waals surface area contributed by atoms with Crippen LogP contribution in [-0.2, 0) is 15.3 Å². The first-order chi connectivity index (χ1) is 13.0. The van der Waals surface area contributed by atoms with Crippen LogP contribution in [0.4, 0.5) is 0 Å². The maximum absolute atomic E-state index is 12.9. The maximum Gasteiger partial charge on any atom is 0.307 e. The maximum atomic E-state index is 12.9. The zero-order chi connectivity index (χ0) is 19.4. The van der Waals surface area contributed by atoms with E-state index in [1.54, 1.807) is 30.1 Å². The third-order valence-corrected chi connectivity index (χ3v) is 6.22. The number of rotatable bonds is 7. The highest BCUT2D eigenvalue weighted by Gasteiger charge is 2.24. The van der Waals surface area contributed by atoms with Crippen LogP contribution in [0.15, 0.2) is 38.4 Å². The Morgan fingerprint density at radius 3 is 2.81 bits per heavy atom. The number of esters is 1. The predicted octanol–water partition coefficient (Wildman–Crippen LogP) is 4.13. The molecule has 0 saturated heterocycles. The minimum atomic E-state index is -0.353. The Morgan fingerprint density at radius 1 is 1.33 bits per heavy atom. The minimum absolute atomic E-state index is 0.140. The van der Waals surface area contributed by atoms with Gasteiger partial charge in [0, 0.05) is 41.4 Å². The summed E-state index contributed by atoms with van der Waals surface area (Å²) in [4.78, 5) is 30.2. The molecule has 0 unspecified atom stereocenters. The summed E-state index contributed by atoms with van der Waals surface area (Å²) in [5, 5.41) is 2.92. The van der Waals surface area contributed by atoms with Crippen LogP contribution < -0.4 is 0 Å². The number of para-hydroxylation sites is 1. The van der Waals surface area contributed by atoms with Crippen LogP contribution in [0.5, 0.6) is 0 Å². The van der Waals surface area contributed by atoms with Crippen molar-refractivity contribution in [1.29, 1.82) is 0 Å². The molecule has 0 fully saturated rings. The van der Waals surface area contributed by atoms with Crippen LogP contribution in [0, 0.1) is 6.92 Å². The van der Waals surface area contributed by atoms with Crippen molar-refractivity contribution in [2.75, 3.05) is 20.7 Å². The summed E-state index contributed by atoms with van der Waals surface area (Å²) in [6.07, 6.45) is 0.140. The molecular weight excluding hydrogens is 384 g/mol. The molecule has 0 N–H and O–H groups in total. The zero-order valence-electron chi connectivity index (χ0n) is 15.4. The number of thiazole rings is 1. The molecule has 0 aliphatic rings. The minimum Gasteiger partial charge on any atom is -0.469 e. The van der Waals surface area contributed by atoms with Crippen LogP contribution in [0.25, 0.3) is 11.0 Å². The first kappa shape index (κ1) is 19.4. The van der Waals surface area contributed by atoms with Gasteiger partial charge in [0.05, 0.1) is 13.5 Å². The van der Waals surface area contributed by atoms with Crippen molar-refractivity contribution in [2.24, 2.45) is 0 Å². The Hall–Kier alpha value is -2.32. The van der Waals surface area contributed by atoms with Crippen LogP contribution in [0.1, 0.15) is 28.2 Å². The second-order valence-corrected chi connectivity index (χ2v) is 8.08. The summed E-state index contributed by atoms with van der Waals surface area (Å²) in [6.45, 7) is 2.22. The SMILES string of the molecule is COC(=O)CCN(C)C(=O)c1oc2ccccc2c1CSc1nc(C)cs1. The average Bonchev–Trinajstić information content (AvgIpc) is 3.26. The van der Waals surface area contributed by atoms with Gasteiger partial charge in [-0.1, -0.05) is 30.0 Å². The van der Waals surface area contributed by atoms with E-state index in [-0.39, 0.29) is 24.8 Å². The highest BCUT2D eigenvalue weighted by atomic mass is 32.2. The van der Waals surface area contributed by atoms with Crippen LogP contribution >= 0.6 is 23.1 Å². The normalized spacial score (nSPS) is 10.9. The van der Waals surface area contributed by atoms with E-state index in [2.05, 4.69) is 9.72 Å². The van der Waals surface area contributed by atoms with E-state index in [0.717, 1.165) is 21.0 Å². The summed E-state index contributed by atoms with van der Waals surface area (Å²) in [6, 6.07) is 7.60. The van der Waals surface area contributed by atoms with Gasteiger partial charge >= 0.3 is 5.97 Å². The Bertz CT molecular complexity index is 964. The predicted molar refractivity (Wildman–Crippen MR) is 106 cm³/mol. The molecular formula is C19H20N2O4S2. The van der Waals surface area contributed by atoms with Gasteiger partial charge in [-0.25, -0.2) is 4.98 Å². The van der Waals surface area contributed by atoms with Gasteiger partial charge in [-0.15, -0.1) is 11.3 Å². The molecule has 0 saturated carbocycles. The third kappa shape index (κ3) is 4.51. The number of nitrogens with zero attached hydrogens (tertiary/aromatic N) is 2. The van der Waals surface area contributed by atoms with Crippen molar-refractivity contribution in [2.45, 2.75) is 23.4 Å². The Balaban J connectivity index is 1.85. The molecule has 0 spiro atoms. The molecule has 2 aromatic heterocycles. The van der Waals surface area contributed by atoms with Crippen molar-refractivity contribution in [3.05, 3.63) is 46.7 Å². The fourth-order valence-electron chi connectivity index (χ4n) is 2.58. The first-order valence-corrected chi connectivity index (χ1v) is 10.2. The molecule has 1 aromatic carbocycles. The van der Waals surface area contributed by atoms with E-state index in [1.807, 2.05) is 36.6 Å². The first-order valence-electron chi connectivity index (χ1n) is 8.37. The fraction of sp³-hybridized carbons (Fsp3) is 0.316. The van der Waals surface area contributed by atoms with Crippen molar-refractivity contribution in [1.82, 2.24) is 9.88 Å². The quantitative estimate of drug-likeness (QED) is 0.436. The zero-order valence-corrected chi connectivity index (χ0v) is 17.0. The smallest absolute Gasteiger partial charge is 0.307 e. The Kier molecular flexibility index (Phi) is 6.18. The van der Waals surface area contributed by atoms with Crippen molar-refractivity contribution < 1.29 is 18.7 Å². The number of aryl methyl sites for hydroxylation is 1. The number of hydrogen-bond donors (Lipinski definition) is 0. The molecule has 8 heteroatoms. The number of aromatic nitrogens is 1. The highest BCUT2D eigenvalue weighted by molar-refractivity contribution is 8.00. The molecule has 0 radical (unpaired) electrons. The van der Waals surface area contributed by atoms with Gasteiger partial charge in [0.1, 0.15) is 9.92 Å². The Morgan fingerprint density at radius 2 is 2.11 bits per heavy atom. The molecule has 0 aliphatic heterocycles. The van der Waals surface area contributed by atoms with E-state index in [0.29, 0.717) is 17.1 Å². The number of methoxy groups -OCH3 is 1. The van der Waals surface area contributed by atoms with Crippen LogP contribution in [0.2, 0.25) is 0 Å². The molecule has 0 bridgehead atoms. The molecule has 0 aliphatic carbocycles. The monoisotopic (exact) mass is 404 g/mol. The summed E-state index contributed by atoms with van der Waals surface area (Å²) in [5.41, 5.74) is 2.50. The van der Waals surface area contributed by atoms with E-state index < -0.39 is 0 Å². The highest BCUT2D eigenvalue weighted by Crippen LogP contribution is 2.33. The number of carbonyl (C=O) groups excluding carboxylic acids is 2. The van der Waals surface area contributed by atoms with Gasteiger partial charge in [0.2, 0.25) is 0 Å². The standard InChI is InChI=1S/C19H20N2O4S2/c1-12-10-26-19(20-12)27-11-14-13-6-4-5-7-15(13)25-17(14)18(23)21(2)9-8-16(22)24-3/h4-7,10H,8-9,11H2,1-3H3. The van der Waals surface area contributed by atoms with Crippen LogP contribution in [0.3, 0.4) is 0 Å². The summed E-state index contributed by atoms with van der Waals surface area (Å²) >= 11 is 3.17. The summed E-state index contributed by atoms with van der Waals surface area (Å²) in [5.74, 6) is 0.287. The molecule has 1 amide bonds. The third-order valence-electron chi connectivity index (χ3n) is 4.06. The topological polar surface area (TPSA) is 72.6 Å². The molecule has 142 valence electrons. The number of ether oxygens (including phenoxy) is 1. The molecule has 3 rings (SSSR count). The Labute approximate surface area is 165 Å². The van der Waals surface area contributed by atoms with Gasteiger partial charge < -0.3 is 14.1 Å². The lowest BCUT2D eigenvalue weighted by molar-refractivity contribution is -0.140.